The molecule has 1 heterocycles. The summed E-state index contributed by atoms with van der Waals surface area (Å²) in [6, 6.07) is 9.00. The summed E-state index contributed by atoms with van der Waals surface area (Å²) in [5.74, 6) is -0.165. The molecule has 0 unspecified atom stereocenters. The second-order valence-electron chi connectivity index (χ2n) is 3.83. The van der Waals surface area contributed by atoms with Gasteiger partial charge in [-0.3, -0.25) is 0 Å². The van der Waals surface area contributed by atoms with E-state index < -0.39 is 5.97 Å². The molecule has 2 rings (SSSR count). The Balaban J connectivity index is 2.60. The number of aromatic carboxylic acids is 1. The zero-order valence-corrected chi connectivity index (χ0v) is 10.1. The summed E-state index contributed by atoms with van der Waals surface area (Å²) in [6.45, 7) is 1.94. The van der Waals surface area contributed by atoms with Crippen LogP contribution in [0.25, 0.3) is 11.4 Å². The molecule has 0 aliphatic carbocycles. The second-order valence-corrected chi connectivity index (χ2v) is 3.83. The molecule has 0 aliphatic rings. The Kier molecular flexibility index (Phi) is 3.23. The third-order valence-electron chi connectivity index (χ3n) is 2.59. The molecule has 18 heavy (non-hydrogen) atoms. The van der Waals surface area contributed by atoms with Crippen LogP contribution in [0.2, 0.25) is 0 Å². The number of hydrogen-bond acceptors (Lipinski definition) is 4. The highest BCUT2D eigenvalue weighted by molar-refractivity contribution is 5.87. The Morgan fingerprint density at radius 1 is 1.28 bits per heavy atom. The third kappa shape index (κ3) is 2.29. The van der Waals surface area contributed by atoms with E-state index in [9.17, 15) is 4.79 Å². The van der Waals surface area contributed by atoms with Gasteiger partial charge in [-0.1, -0.05) is 24.3 Å². The van der Waals surface area contributed by atoms with E-state index in [-0.39, 0.29) is 5.69 Å². The van der Waals surface area contributed by atoms with Crippen LogP contribution in [0.15, 0.2) is 30.3 Å². The van der Waals surface area contributed by atoms with E-state index in [1.54, 1.807) is 7.05 Å². The fourth-order valence-corrected chi connectivity index (χ4v) is 1.63. The van der Waals surface area contributed by atoms with Crippen molar-refractivity contribution >= 4 is 11.8 Å². The number of benzene rings is 1. The maximum absolute atomic E-state index is 11.0. The third-order valence-corrected chi connectivity index (χ3v) is 2.59. The number of nitrogens with zero attached hydrogens (tertiary/aromatic N) is 2. The smallest absolute Gasteiger partial charge is 0.354 e. The van der Waals surface area contributed by atoms with Crippen molar-refractivity contribution in [1.29, 1.82) is 0 Å². The lowest BCUT2D eigenvalue weighted by Gasteiger charge is -2.07. The van der Waals surface area contributed by atoms with Crippen LogP contribution in [-0.4, -0.2) is 28.1 Å². The zero-order valence-electron chi connectivity index (χ0n) is 10.1. The molecule has 0 atom stereocenters. The van der Waals surface area contributed by atoms with Gasteiger partial charge in [-0.15, -0.1) is 0 Å². The molecule has 0 aliphatic heterocycles. The quantitative estimate of drug-likeness (QED) is 0.864. The van der Waals surface area contributed by atoms with Crippen LogP contribution in [0.5, 0.6) is 0 Å². The molecule has 92 valence electrons. The molecule has 5 nitrogen and oxygen atoms in total. The lowest BCUT2D eigenvalue weighted by atomic mass is 10.1. The summed E-state index contributed by atoms with van der Waals surface area (Å²) in [6.07, 6.45) is 0. The first kappa shape index (κ1) is 12.0. The van der Waals surface area contributed by atoms with Gasteiger partial charge in [0.25, 0.3) is 0 Å². The van der Waals surface area contributed by atoms with Crippen molar-refractivity contribution in [2.75, 3.05) is 12.4 Å². The number of carboxylic acids is 1. The van der Waals surface area contributed by atoms with Crippen LogP contribution in [-0.2, 0) is 0 Å². The van der Waals surface area contributed by atoms with Gasteiger partial charge in [0, 0.05) is 18.7 Å². The lowest BCUT2D eigenvalue weighted by molar-refractivity contribution is 0.0690. The van der Waals surface area contributed by atoms with Crippen LogP contribution in [0.1, 0.15) is 16.1 Å². The zero-order chi connectivity index (χ0) is 13.1. The Hall–Kier alpha value is -2.43. The van der Waals surface area contributed by atoms with Crippen LogP contribution < -0.4 is 5.32 Å². The van der Waals surface area contributed by atoms with Gasteiger partial charge in [-0.05, 0) is 12.5 Å². The van der Waals surface area contributed by atoms with E-state index in [0.29, 0.717) is 11.6 Å². The SMILES string of the molecule is CNc1cc(C(=O)O)nc(-c2ccccc2C)n1. The molecule has 0 spiro atoms. The van der Waals surface area contributed by atoms with Crippen LogP contribution in [0.3, 0.4) is 0 Å². The first-order valence-electron chi connectivity index (χ1n) is 5.48. The number of nitrogens with one attached hydrogen (secondary N) is 1. The number of carboxylic acid groups (broad SMARTS) is 1. The van der Waals surface area contributed by atoms with E-state index in [0.717, 1.165) is 11.1 Å². The van der Waals surface area contributed by atoms with Crippen LogP contribution in [0, 0.1) is 6.92 Å². The van der Waals surface area contributed by atoms with E-state index in [2.05, 4.69) is 15.3 Å². The molecule has 0 fully saturated rings. The molecule has 0 saturated heterocycles. The minimum Gasteiger partial charge on any atom is -0.477 e. The molecule has 0 saturated carbocycles. The van der Waals surface area contributed by atoms with Gasteiger partial charge in [0.05, 0.1) is 0 Å². The van der Waals surface area contributed by atoms with Crippen molar-refractivity contribution in [2.45, 2.75) is 6.92 Å². The minimum atomic E-state index is -1.07. The highest BCUT2D eigenvalue weighted by Gasteiger charge is 2.12. The van der Waals surface area contributed by atoms with E-state index >= 15 is 0 Å². The second kappa shape index (κ2) is 4.83. The standard InChI is InChI=1S/C13H13N3O2/c1-8-5-3-4-6-9(8)12-15-10(13(17)18)7-11(14-2)16-12/h3-7H,1-2H3,(H,17,18)(H,14,15,16). The first-order chi connectivity index (χ1) is 8.61. The summed E-state index contributed by atoms with van der Waals surface area (Å²) < 4.78 is 0. The molecule has 1 aromatic heterocycles. The van der Waals surface area contributed by atoms with Gasteiger partial charge >= 0.3 is 5.97 Å². The molecule has 0 amide bonds. The average molecular weight is 243 g/mol. The van der Waals surface area contributed by atoms with Crippen molar-refractivity contribution in [3.63, 3.8) is 0 Å². The molecule has 2 aromatic rings. The van der Waals surface area contributed by atoms with Crippen molar-refractivity contribution in [3.05, 3.63) is 41.6 Å². The number of rotatable bonds is 3. The maximum Gasteiger partial charge on any atom is 0.354 e. The van der Waals surface area contributed by atoms with Gasteiger partial charge in [0.15, 0.2) is 11.5 Å². The summed E-state index contributed by atoms with van der Waals surface area (Å²) in [5.41, 5.74) is 1.81. The summed E-state index contributed by atoms with van der Waals surface area (Å²) in [4.78, 5) is 19.4. The Morgan fingerprint density at radius 2 is 2.00 bits per heavy atom. The molecule has 0 radical (unpaired) electrons. The molecule has 2 N–H and O–H groups in total. The molecule has 0 bridgehead atoms. The van der Waals surface area contributed by atoms with Gasteiger partial charge in [0.2, 0.25) is 0 Å². The fourth-order valence-electron chi connectivity index (χ4n) is 1.63. The molecule has 5 heteroatoms. The molecule has 1 aromatic carbocycles. The van der Waals surface area contributed by atoms with Crippen molar-refractivity contribution in [1.82, 2.24) is 9.97 Å². The van der Waals surface area contributed by atoms with Crippen molar-refractivity contribution < 1.29 is 9.90 Å². The average Bonchev–Trinajstić information content (AvgIpc) is 2.38. The maximum atomic E-state index is 11.0. The molecular weight excluding hydrogens is 230 g/mol. The summed E-state index contributed by atoms with van der Waals surface area (Å²) in [7, 11) is 1.69. The fraction of sp³-hybridized carbons (Fsp3) is 0.154. The van der Waals surface area contributed by atoms with Gasteiger partial charge in [0.1, 0.15) is 5.82 Å². The van der Waals surface area contributed by atoms with Crippen molar-refractivity contribution in [3.8, 4) is 11.4 Å². The lowest BCUT2D eigenvalue weighted by Crippen LogP contribution is -2.06. The summed E-state index contributed by atoms with van der Waals surface area (Å²) in [5, 5.41) is 11.9. The van der Waals surface area contributed by atoms with Gasteiger partial charge in [-0.25, -0.2) is 14.8 Å². The normalized spacial score (nSPS) is 10.1. The number of aromatic nitrogens is 2. The largest absolute Gasteiger partial charge is 0.477 e. The van der Waals surface area contributed by atoms with E-state index in [1.807, 2.05) is 31.2 Å². The van der Waals surface area contributed by atoms with E-state index in [1.165, 1.54) is 6.07 Å². The van der Waals surface area contributed by atoms with Gasteiger partial charge < -0.3 is 10.4 Å². The Morgan fingerprint density at radius 3 is 2.61 bits per heavy atom. The predicted molar refractivity (Wildman–Crippen MR) is 68.7 cm³/mol. The van der Waals surface area contributed by atoms with Gasteiger partial charge in [-0.2, -0.15) is 0 Å². The molecular formula is C13H13N3O2. The summed E-state index contributed by atoms with van der Waals surface area (Å²) >= 11 is 0. The highest BCUT2D eigenvalue weighted by Crippen LogP contribution is 2.21. The van der Waals surface area contributed by atoms with E-state index in [4.69, 9.17) is 5.11 Å². The van der Waals surface area contributed by atoms with Crippen LogP contribution in [0.4, 0.5) is 5.82 Å². The number of hydrogen-bond donors (Lipinski definition) is 2. The number of carbonyl (C=O) groups is 1. The number of aryl methyl sites for hydroxylation is 1. The Bertz CT molecular complexity index is 597. The highest BCUT2D eigenvalue weighted by atomic mass is 16.4. The monoisotopic (exact) mass is 243 g/mol. The minimum absolute atomic E-state index is 0.0207. The Labute approximate surface area is 105 Å². The predicted octanol–water partition coefficient (Wildman–Crippen LogP) is 2.19. The van der Waals surface area contributed by atoms with Crippen molar-refractivity contribution in [2.24, 2.45) is 0 Å². The topological polar surface area (TPSA) is 75.1 Å². The first-order valence-corrected chi connectivity index (χ1v) is 5.48. The van der Waals surface area contributed by atoms with Crippen LogP contribution >= 0.6 is 0 Å². The number of anilines is 1.